The third-order valence-corrected chi connectivity index (χ3v) is 4.07. The number of nitrogens with one attached hydrogen (secondary N) is 1. The molecule has 1 aliphatic rings. The van der Waals surface area contributed by atoms with E-state index in [2.05, 4.69) is 5.32 Å². The normalized spacial score (nSPS) is 17.0. The van der Waals surface area contributed by atoms with E-state index in [1.165, 1.54) is 7.11 Å². The van der Waals surface area contributed by atoms with Crippen molar-refractivity contribution < 1.29 is 19.1 Å². The van der Waals surface area contributed by atoms with E-state index in [0.717, 1.165) is 5.56 Å². The molecule has 0 aromatic heterocycles. The molecule has 6 heteroatoms. The zero-order valence-electron chi connectivity index (χ0n) is 15.5. The van der Waals surface area contributed by atoms with Crippen LogP contribution in [0, 0.1) is 0 Å². The van der Waals surface area contributed by atoms with Crippen molar-refractivity contribution in [3.05, 3.63) is 35.9 Å². The average Bonchev–Trinajstić information content (AvgIpc) is 2.55. The van der Waals surface area contributed by atoms with Gasteiger partial charge in [0.1, 0.15) is 5.60 Å². The fraction of sp³-hybridized carbons (Fsp3) is 0.579. The van der Waals surface area contributed by atoms with Gasteiger partial charge >= 0.3 is 6.09 Å². The number of hydrogen-bond acceptors (Lipinski definition) is 4. The van der Waals surface area contributed by atoms with Crippen molar-refractivity contribution in [1.82, 2.24) is 10.2 Å². The number of ether oxygens (including phenoxy) is 2. The van der Waals surface area contributed by atoms with Gasteiger partial charge in [0.15, 0.2) is 6.10 Å². The number of piperidine rings is 1. The topological polar surface area (TPSA) is 67.9 Å². The third kappa shape index (κ3) is 5.74. The molecule has 2 amide bonds. The van der Waals surface area contributed by atoms with Gasteiger partial charge in [0.25, 0.3) is 5.91 Å². The first-order chi connectivity index (χ1) is 11.8. The highest BCUT2D eigenvalue weighted by molar-refractivity contribution is 5.82. The second-order valence-corrected chi connectivity index (χ2v) is 7.28. The van der Waals surface area contributed by atoms with Crippen LogP contribution in [0.1, 0.15) is 45.3 Å². The van der Waals surface area contributed by atoms with Gasteiger partial charge in [-0.1, -0.05) is 30.3 Å². The summed E-state index contributed by atoms with van der Waals surface area (Å²) in [6.45, 7) is 6.71. The lowest BCUT2D eigenvalue weighted by Crippen LogP contribution is -2.48. The van der Waals surface area contributed by atoms with Gasteiger partial charge in [-0.05, 0) is 39.2 Å². The van der Waals surface area contributed by atoms with Crippen molar-refractivity contribution in [3.8, 4) is 0 Å². The summed E-state index contributed by atoms with van der Waals surface area (Å²) < 4.78 is 10.7. The highest BCUT2D eigenvalue weighted by Crippen LogP contribution is 2.19. The van der Waals surface area contributed by atoms with Gasteiger partial charge in [-0.3, -0.25) is 4.79 Å². The standard InChI is InChI=1S/C19H28N2O4/c1-19(2,3)25-18(23)21-12-10-15(11-13-21)20-17(22)16(24-4)14-8-6-5-7-9-14/h5-9,15-16H,10-13H2,1-4H3,(H,20,22)/t16-/m0/s1. The van der Waals surface area contributed by atoms with Crippen LogP contribution in [0.2, 0.25) is 0 Å². The predicted octanol–water partition coefficient (Wildman–Crippen LogP) is 2.89. The van der Waals surface area contributed by atoms with Gasteiger partial charge in [-0.2, -0.15) is 0 Å². The molecule has 0 saturated carbocycles. The summed E-state index contributed by atoms with van der Waals surface area (Å²) >= 11 is 0. The van der Waals surface area contributed by atoms with Crippen LogP contribution in [0.25, 0.3) is 0 Å². The summed E-state index contributed by atoms with van der Waals surface area (Å²) in [5.41, 5.74) is 0.331. The maximum atomic E-state index is 12.5. The highest BCUT2D eigenvalue weighted by atomic mass is 16.6. The first-order valence-electron chi connectivity index (χ1n) is 8.66. The van der Waals surface area contributed by atoms with Crippen molar-refractivity contribution in [2.24, 2.45) is 0 Å². The summed E-state index contributed by atoms with van der Waals surface area (Å²) in [5.74, 6) is -0.149. The number of methoxy groups -OCH3 is 1. The van der Waals surface area contributed by atoms with Crippen LogP contribution in [0.15, 0.2) is 30.3 Å². The molecule has 1 fully saturated rings. The van der Waals surface area contributed by atoms with E-state index in [1.807, 2.05) is 51.1 Å². The van der Waals surface area contributed by atoms with Crippen LogP contribution in [0.4, 0.5) is 4.79 Å². The molecule has 1 heterocycles. The lowest BCUT2D eigenvalue weighted by molar-refractivity contribution is -0.132. The maximum Gasteiger partial charge on any atom is 0.410 e. The monoisotopic (exact) mass is 348 g/mol. The molecule has 138 valence electrons. The Bertz CT molecular complexity index is 575. The minimum Gasteiger partial charge on any atom is -0.444 e. The van der Waals surface area contributed by atoms with Crippen molar-refractivity contribution >= 4 is 12.0 Å². The smallest absolute Gasteiger partial charge is 0.410 e. The fourth-order valence-electron chi connectivity index (χ4n) is 2.83. The van der Waals surface area contributed by atoms with Crippen LogP contribution in [0.3, 0.4) is 0 Å². The quantitative estimate of drug-likeness (QED) is 0.908. The molecule has 1 aromatic rings. The van der Waals surface area contributed by atoms with Crippen molar-refractivity contribution in [3.63, 3.8) is 0 Å². The molecule has 25 heavy (non-hydrogen) atoms. The van der Waals surface area contributed by atoms with Gasteiger partial charge in [-0.25, -0.2) is 4.79 Å². The Labute approximate surface area is 149 Å². The Balaban J connectivity index is 1.85. The first kappa shape index (κ1) is 19.2. The number of nitrogens with zero attached hydrogens (tertiary/aromatic N) is 1. The SMILES string of the molecule is CO[C@H](C(=O)NC1CCN(C(=O)OC(C)(C)C)CC1)c1ccccc1. The predicted molar refractivity (Wildman–Crippen MR) is 95.2 cm³/mol. The summed E-state index contributed by atoms with van der Waals surface area (Å²) in [7, 11) is 1.53. The Morgan fingerprint density at radius 2 is 1.76 bits per heavy atom. The van der Waals surface area contributed by atoms with Crippen molar-refractivity contribution in [2.75, 3.05) is 20.2 Å². The molecular formula is C19H28N2O4. The molecule has 1 atom stereocenters. The third-order valence-electron chi connectivity index (χ3n) is 4.07. The molecule has 0 spiro atoms. The lowest BCUT2D eigenvalue weighted by atomic mass is 10.0. The Kier molecular flexibility index (Phi) is 6.42. The Morgan fingerprint density at radius 3 is 2.28 bits per heavy atom. The Hall–Kier alpha value is -2.08. The number of benzene rings is 1. The highest BCUT2D eigenvalue weighted by Gasteiger charge is 2.29. The molecule has 1 aliphatic heterocycles. The molecular weight excluding hydrogens is 320 g/mol. The Morgan fingerprint density at radius 1 is 1.16 bits per heavy atom. The lowest BCUT2D eigenvalue weighted by Gasteiger charge is -2.34. The minimum absolute atomic E-state index is 0.0348. The van der Waals surface area contributed by atoms with Gasteiger partial charge in [-0.15, -0.1) is 0 Å². The zero-order valence-corrected chi connectivity index (χ0v) is 15.5. The molecule has 0 aliphatic carbocycles. The molecule has 0 bridgehead atoms. The maximum absolute atomic E-state index is 12.5. The molecule has 2 rings (SSSR count). The second kappa shape index (κ2) is 8.34. The van der Waals surface area contributed by atoms with Gasteiger partial charge < -0.3 is 19.7 Å². The number of hydrogen-bond donors (Lipinski definition) is 1. The van der Waals surface area contributed by atoms with Crippen LogP contribution in [0.5, 0.6) is 0 Å². The number of carbonyl (C=O) groups is 2. The van der Waals surface area contributed by atoms with E-state index in [1.54, 1.807) is 4.90 Å². The average molecular weight is 348 g/mol. The van der Waals surface area contributed by atoms with E-state index in [4.69, 9.17) is 9.47 Å². The van der Waals surface area contributed by atoms with Crippen LogP contribution < -0.4 is 5.32 Å². The van der Waals surface area contributed by atoms with Crippen LogP contribution in [-0.4, -0.2) is 48.7 Å². The van der Waals surface area contributed by atoms with E-state index < -0.39 is 11.7 Å². The van der Waals surface area contributed by atoms with Crippen LogP contribution >= 0.6 is 0 Å². The molecule has 1 N–H and O–H groups in total. The number of likely N-dealkylation sites (tertiary alicyclic amines) is 1. The van der Waals surface area contributed by atoms with Crippen molar-refractivity contribution in [2.45, 2.75) is 51.4 Å². The summed E-state index contributed by atoms with van der Waals surface area (Å²) in [6, 6.07) is 9.45. The van der Waals surface area contributed by atoms with Gasteiger partial charge in [0.05, 0.1) is 0 Å². The fourth-order valence-corrected chi connectivity index (χ4v) is 2.83. The van der Waals surface area contributed by atoms with Crippen molar-refractivity contribution in [1.29, 1.82) is 0 Å². The van der Waals surface area contributed by atoms with E-state index >= 15 is 0 Å². The number of carbonyl (C=O) groups excluding carboxylic acids is 2. The number of amides is 2. The molecule has 1 aromatic carbocycles. The minimum atomic E-state index is -0.620. The zero-order chi connectivity index (χ0) is 18.4. The van der Waals surface area contributed by atoms with E-state index in [0.29, 0.717) is 25.9 Å². The molecule has 1 saturated heterocycles. The van der Waals surface area contributed by atoms with Gasteiger partial charge in [0.2, 0.25) is 0 Å². The summed E-state index contributed by atoms with van der Waals surface area (Å²) in [6.07, 6.45) is 0.494. The van der Waals surface area contributed by atoms with Crippen LogP contribution in [-0.2, 0) is 14.3 Å². The summed E-state index contributed by atoms with van der Waals surface area (Å²) in [4.78, 5) is 26.3. The molecule has 0 radical (unpaired) electrons. The molecule has 6 nitrogen and oxygen atoms in total. The second-order valence-electron chi connectivity index (χ2n) is 7.28. The van der Waals surface area contributed by atoms with E-state index in [9.17, 15) is 9.59 Å². The first-order valence-corrected chi connectivity index (χ1v) is 8.66. The van der Waals surface area contributed by atoms with E-state index in [-0.39, 0.29) is 18.0 Å². The van der Waals surface area contributed by atoms with Gasteiger partial charge in [0, 0.05) is 26.2 Å². The molecule has 0 unspecified atom stereocenters. The number of rotatable bonds is 4. The summed E-state index contributed by atoms with van der Waals surface area (Å²) in [5, 5.41) is 3.03. The largest absolute Gasteiger partial charge is 0.444 e.